The van der Waals surface area contributed by atoms with Crippen LogP contribution in [0.2, 0.25) is 10.0 Å². The van der Waals surface area contributed by atoms with Gasteiger partial charge in [0.05, 0.1) is 5.52 Å². The third-order valence-corrected chi connectivity index (χ3v) is 6.52. The van der Waals surface area contributed by atoms with E-state index in [1.807, 2.05) is 48.5 Å². The second-order valence-electron chi connectivity index (χ2n) is 8.44. The second kappa shape index (κ2) is 10.4. The molecule has 0 spiro atoms. The van der Waals surface area contributed by atoms with Crippen molar-refractivity contribution in [3.05, 3.63) is 94.6 Å². The molecule has 2 N–H and O–H groups in total. The van der Waals surface area contributed by atoms with Gasteiger partial charge in [0.15, 0.2) is 0 Å². The van der Waals surface area contributed by atoms with Gasteiger partial charge in [-0.15, -0.1) is 0 Å². The number of carbonyl (C=O) groups excluding carboxylic acids is 2. The number of hydrogen-bond acceptors (Lipinski definition) is 4. The van der Waals surface area contributed by atoms with Gasteiger partial charge in [-0.05, 0) is 66.7 Å². The van der Waals surface area contributed by atoms with E-state index < -0.39 is 0 Å². The van der Waals surface area contributed by atoms with Gasteiger partial charge in [0, 0.05) is 70.4 Å². The van der Waals surface area contributed by atoms with Gasteiger partial charge < -0.3 is 20.4 Å². The van der Waals surface area contributed by atoms with Crippen LogP contribution < -0.4 is 10.6 Å². The number of fused-ring (bicyclic) bond motifs is 1. The van der Waals surface area contributed by atoms with E-state index in [2.05, 4.69) is 15.6 Å². The minimum Gasteiger partial charge on any atom is -0.355 e. The van der Waals surface area contributed by atoms with E-state index in [1.165, 1.54) is 0 Å². The third kappa shape index (κ3) is 5.37. The number of halogens is 2. The van der Waals surface area contributed by atoms with E-state index in [-0.39, 0.29) is 11.9 Å². The van der Waals surface area contributed by atoms with Crippen LogP contribution in [0.25, 0.3) is 10.9 Å². The number of pyridine rings is 1. The molecule has 0 aliphatic carbocycles. The van der Waals surface area contributed by atoms with Crippen molar-refractivity contribution in [3.8, 4) is 0 Å². The van der Waals surface area contributed by atoms with E-state index in [9.17, 15) is 9.59 Å². The highest BCUT2D eigenvalue weighted by atomic mass is 35.5. The smallest absolute Gasteiger partial charge is 0.321 e. The predicted molar refractivity (Wildman–Crippen MR) is 144 cm³/mol. The molecule has 3 amide bonds. The summed E-state index contributed by atoms with van der Waals surface area (Å²) < 4.78 is 0. The SMILES string of the molecule is O=C(Nc1cccc(Cl)c1)N1CCN(C(=O)c2ccc(Nc3ccnc4cc(Cl)ccc34)cc2)CC1. The van der Waals surface area contributed by atoms with E-state index in [4.69, 9.17) is 23.2 Å². The summed E-state index contributed by atoms with van der Waals surface area (Å²) in [5.74, 6) is -0.0551. The Morgan fingerprint density at radius 2 is 1.50 bits per heavy atom. The average molecular weight is 520 g/mol. The second-order valence-corrected chi connectivity index (χ2v) is 9.31. The number of nitrogens with one attached hydrogen (secondary N) is 2. The van der Waals surface area contributed by atoms with Crippen molar-refractivity contribution in [2.45, 2.75) is 0 Å². The molecule has 0 radical (unpaired) electrons. The van der Waals surface area contributed by atoms with Crippen molar-refractivity contribution in [2.24, 2.45) is 0 Å². The number of carbonyl (C=O) groups is 2. The zero-order valence-electron chi connectivity index (χ0n) is 19.2. The van der Waals surface area contributed by atoms with Crippen LogP contribution in [-0.4, -0.2) is 52.9 Å². The standard InChI is InChI=1S/C27H23Cl2N5O2/c28-19-2-1-3-22(16-19)32-27(36)34-14-12-33(13-15-34)26(35)18-4-7-21(8-5-18)31-24-10-11-30-25-17-20(29)6-9-23(24)25/h1-11,16-17H,12-15H2,(H,30,31)(H,32,36). The van der Waals surface area contributed by atoms with E-state index in [0.29, 0.717) is 47.5 Å². The molecule has 36 heavy (non-hydrogen) atoms. The van der Waals surface area contributed by atoms with Crippen LogP contribution in [0.15, 0.2) is 79.0 Å². The van der Waals surface area contributed by atoms with Crippen molar-refractivity contribution < 1.29 is 9.59 Å². The highest BCUT2D eigenvalue weighted by molar-refractivity contribution is 6.31. The maximum Gasteiger partial charge on any atom is 0.321 e. The number of benzene rings is 3. The zero-order valence-corrected chi connectivity index (χ0v) is 20.8. The Morgan fingerprint density at radius 1 is 0.778 bits per heavy atom. The Labute approximate surface area is 218 Å². The number of hydrogen-bond donors (Lipinski definition) is 2. The fourth-order valence-corrected chi connectivity index (χ4v) is 4.50. The van der Waals surface area contributed by atoms with Crippen LogP contribution in [0.4, 0.5) is 21.9 Å². The summed E-state index contributed by atoms with van der Waals surface area (Å²) in [6.07, 6.45) is 1.73. The minimum absolute atomic E-state index is 0.0551. The summed E-state index contributed by atoms with van der Waals surface area (Å²) in [7, 11) is 0. The fourth-order valence-electron chi connectivity index (χ4n) is 4.15. The average Bonchev–Trinajstić information content (AvgIpc) is 2.89. The monoisotopic (exact) mass is 519 g/mol. The maximum absolute atomic E-state index is 13.0. The first kappa shape index (κ1) is 23.9. The van der Waals surface area contributed by atoms with E-state index >= 15 is 0 Å². The van der Waals surface area contributed by atoms with Crippen LogP contribution in [0, 0.1) is 0 Å². The molecule has 0 unspecified atom stereocenters. The van der Waals surface area contributed by atoms with Gasteiger partial charge in [-0.3, -0.25) is 9.78 Å². The molecule has 2 heterocycles. The molecule has 1 aliphatic heterocycles. The summed E-state index contributed by atoms with van der Waals surface area (Å²) in [6.45, 7) is 1.84. The topological polar surface area (TPSA) is 77.6 Å². The lowest BCUT2D eigenvalue weighted by Gasteiger charge is -2.34. The lowest BCUT2D eigenvalue weighted by molar-refractivity contribution is 0.0671. The van der Waals surface area contributed by atoms with Crippen LogP contribution in [0.1, 0.15) is 10.4 Å². The largest absolute Gasteiger partial charge is 0.355 e. The van der Waals surface area contributed by atoms with E-state index in [1.54, 1.807) is 40.3 Å². The molecular formula is C27H23Cl2N5O2. The zero-order chi connectivity index (χ0) is 25.1. The lowest BCUT2D eigenvalue weighted by Crippen LogP contribution is -2.51. The van der Waals surface area contributed by atoms with Crippen molar-refractivity contribution in [3.63, 3.8) is 0 Å². The summed E-state index contributed by atoms with van der Waals surface area (Å²) >= 11 is 12.1. The number of aromatic nitrogens is 1. The molecule has 7 nitrogen and oxygen atoms in total. The van der Waals surface area contributed by atoms with Crippen LogP contribution in [0.5, 0.6) is 0 Å². The van der Waals surface area contributed by atoms with Crippen molar-refractivity contribution >= 4 is 63.1 Å². The van der Waals surface area contributed by atoms with Gasteiger partial charge in [-0.2, -0.15) is 0 Å². The summed E-state index contributed by atoms with van der Waals surface area (Å²) in [5.41, 5.74) is 3.81. The summed E-state index contributed by atoms with van der Waals surface area (Å²) in [5, 5.41) is 8.39. The fraction of sp³-hybridized carbons (Fsp3) is 0.148. The molecular weight excluding hydrogens is 497 g/mol. The molecule has 0 atom stereocenters. The molecule has 1 aliphatic rings. The molecule has 182 valence electrons. The number of nitrogens with zero attached hydrogens (tertiary/aromatic N) is 3. The Bertz CT molecular complexity index is 1420. The Balaban J connectivity index is 1.18. The molecule has 0 saturated carbocycles. The molecule has 9 heteroatoms. The number of piperazine rings is 1. The van der Waals surface area contributed by atoms with Crippen molar-refractivity contribution in [1.29, 1.82) is 0 Å². The Morgan fingerprint density at radius 3 is 2.25 bits per heavy atom. The maximum atomic E-state index is 13.0. The minimum atomic E-state index is -0.203. The highest BCUT2D eigenvalue weighted by Crippen LogP contribution is 2.27. The van der Waals surface area contributed by atoms with Crippen LogP contribution >= 0.6 is 23.2 Å². The number of rotatable bonds is 4. The van der Waals surface area contributed by atoms with Crippen LogP contribution in [-0.2, 0) is 0 Å². The van der Waals surface area contributed by atoms with Gasteiger partial charge >= 0.3 is 6.03 Å². The van der Waals surface area contributed by atoms with Gasteiger partial charge in [0.1, 0.15) is 0 Å². The van der Waals surface area contributed by atoms with Crippen molar-refractivity contribution in [1.82, 2.24) is 14.8 Å². The van der Waals surface area contributed by atoms with Crippen molar-refractivity contribution in [2.75, 3.05) is 36.8 Å². The van der Waals surface area contributed by atoms with Gasteiger partial charge in [0.2, 0.25) is 0 Å². The number of anilines is 3. The predicted octanol–water partition coefficient (Wildman–Crippen LogP) is 6.28. The first-order valence-electron chi connectivity index (χ1n) is 11.5. The summed E-state index contributed by atoms with van der Waals surface area (Å²) in [6, 6.07) is 21.7. The first-order valence-corrected chi connectivity index (χ1v) is 12.2. The molecule has 0 bridgehead atoms. The quantitative estimate of drug-likeness (QED) is 0.332. The van der Waals surface area contributed by atoms with Gasteiger partial charge in [0.25, 0.3) is 5.91 Å². The molecule has 5 rings (SSSR count). The number of amides is 3. The lowest BCUT2D eigenvalue weighted by atomic mass is 10.1. The normalized spacial score (nSPS) is 13.5. The first-order chi connectivity index (χ1) is 17.5. The summed E-state index contributed by atoms with van der Waals surface area (Å²) in [4.78, 5) is 33.4. The molecule has 4 aromatic rings. The highest BCUT2D eigenvalue weighted by Gasteiger charge is 2.25. The van der Waals surface area contributed by atoms with E-state index in [0.717, 1.165) is 22.3 Å². The number of urea groups is 1. The third-order valence-electron chi connectivity index (χ3n) is 6.05. The van der Waals surface area contributed by atoms with Gasteiger partial charge in [-0.1, -0.05) is 29.3 Å². The van der Waals surface area contributed by atoms with Crippen LogP contribution in [0.3, 0.4) is 0 Å². The Kier molecular flexibility index (Phi) is 6.93. The Hall–Kier alpha value is -3.81. The molecule has 1 aromatic heterocycles. The van der Waals surface area contributed by atoms with Gasteiger partial charge in [-0.25, -0.2) is 4.79 Å². The molecule has 1 saturated heterocycles. The molecule has 1 fully saturated rings. The molecule has 3 aromatic carbocycles.